The molecule has 0 spiro atoms. The van der Waals surface area contributed by atoms with Crippen molar-refractivity contribution < 1.29 is 17.9 Å². The van der Waals surface area contributed by atoms with Crippen LogP contribution < -0.4 is 4.72 Å². The summed E-state index contributed by atoms with van der Waals surface area (Å²) in [5, 5.41) is 1.15. The van der Waals surface area contributed by atoms with E-state index in [2.05, 4.69) is 9.71 Å². The topological polar surface area (TPSA) is 85.4 Å². The molecule has 150 valence electrons. The summed E-state index contributed by atoms with van der Waals surface area (Å²) in [7, 11) is -3.66. The zero-order chi connectivity index (χ0) is 20.6. The van der Waals surface area contributed by atoms with Crippen LogP contribution in [-0.2, 0) is 21.4 Å². The summed E-state index contributed by atoms with van der Waals surface area (Å²) in [6.45, 7) is 1.66. The van der Waals surface area contributed by atoms with Crippen LogP contribution in [0.2, 0.25) is 5.15 Å². The van der Waals surface area contributed by atoms with Crippen molar-refractivity contribution in [3.8, 4) is 0 Å². The van der Waals surface area contributed by atoms with Crippen molar-refractivity contribution in [1.29, 1.82) is 0 Å². The monoisotopic (exact) mass is 430 g/mol. The van der Waals surface area contributed by atoms with Gasteiger partial charge in [0.25, 0.3) is 0 Å². The lowest BCUT2D eigenvalue weighted by atomic mass is 10.1. The van der Waals surface area contributed by atoms with E-state index < -0.39 is 16.0 Å². The van der Waals surface area contributed by atoms with Gasteiger partial charge in [-0.15, -0.1) is 0 Å². The van der Waals surface area contributed by atoms with Gasteiger partial charge in [-0.2, -0.15) is 0 Å². The lowest BCUT2D eigenvalue weighted by molar-refractivity contribution is 0.0471. The number of esters is 1. The lowest BCUT2D eigenvalue weighted by Gasteiger charge is -2.11. The van der Waals surface area contributed by atoms with Crippen LogP contribution in [0.4, 0.5) is 0 Å². The lowest BCUT2D eigenvalue weighted by Crippen LogP contribution is -2.26. The smallest absolute Gasteiger partial charge is 0.338 e. The molecule has 1 saturated carbocycles. The zero-order valence-corrected chi connectivity index (χ0v) is 17.3. The normalized spacial score (nSPS) is 14.1. The molecule has 2 aromatic carbocycles. The van der Waals surface area contributed by atoms with E-state index in [4.69, 9.17) is 16.3 Å². The molecular formula is C21H19ClN2O4S. The molecule has 1 fully saturated rings. The largest absolute Gasteiger partial charge is 0.457 e. The van der Waals surface area contributed by atoms with E-state index in [-0.39, 0.29) is 28.3 Å². The Bertz CT molecular complexity index is 1210. The molecule has 4 rings (SSSR count). The first kappa shape index (κ1) is 19.8. The van der Waals surface area contributed by atoms with Gasteiger partial charge in [0, 0.05) is 17.0 Å². The minimum absolute atomic E-state index is 0.0146. The van der Waals surface area contributed by atoms with E-state index in [9.17, 15) is 13.2 Å². The molecule has 6 nitrogen and oxygen atoms in total. The Kier molecular flexibility index (Phi) is 5.29. The molecule has 0 bridgehead atoms. The number of hydrogen-bond donors (Lipinski definition) is 1. The molecule has 0 unspecified atom stereocenters. The zero-order valence-electron chi connectivity index (χ0n) is 15.7. The number of halogens is 1. The summed E-state index contributed by atoms with van der Waals surface area (Å²) >= 11 is 6.21. The molecular weight excluding hydrogens is 412 g/mol. The van der Waals surface area contributed by atoms with Crippen LogP contribution in [-0.4, -0.2) is 25.4 Å². The van der Waals surface area contributed by atoms with Gasteiger partial charge in [-0.05, 0) is 49.6 Å². The molecule has 0 amide bonds. The Morgan fingerprint density at radius 1 is 1.21 bits per heavy atom. The van der Waals surface area contributed by atoms with Gasteiger partial charge in [-0.25, -0.2) is 22.9 Å². The second kappa shape index (κ2) is 7.74. The molecule has 0 atom stereocenters. The molecule has 8 heteroatoms. The van der Waals surface area contributed by atoms with Crippen LogP contribution in [0, 0.1) is 6.92 Å². The van der Waals surface area contributed by atoms with E-state index in [0.717, 1.165) is 23.7 Å². The summed E-state index contributed by atoms with van der Waals surface area (Å²) in [5.74, 6) is -0.616. The average molecular weight is 431 g/mol. The fourth-order valence-corrected chi connectivity index (χ4v) is 4.47. The molecule has 0 saturated heterocycles. The van der Waals surface area contributed by atoms with E-state index in [0.29, 0.717) is 11.1 Å². The van der Waals surface area contributed by atoms with Crippen molar-refractivity contribution in [2.45, 2.75) is 37.3 Å². The summed E-state index contributed by atoms with van der Waals surface area (Å²) in [5.41, 5.74) is 2.16. The molecule has 3 aromatic rings. The van der Waals surface area contributed by atoms with Gasteiger partial charge in [0.2, 0.25) is 10.0 Å². The third kappa shape index (κ3) is 4.42. The number of benzene rings is 2. The number of pyridine rings is 1. The van der Waals surface area contributed by atoms with Crippen molar-refractivity contribution in [1.82, 2.24) is 9.71 Å². The maximum absolute atomic E-state index is 12.6. The van der Waals surface area contributed by atoms with E-state index in [1.165, 1.54) is 12.1 Å². The molecule has 1 aliphatic rings. The second-order valence-electron chi connectivity index (χ2n) is 7.08. The number of hydrogen-bond acceptors (Lipinski definition) is 5. The first-order chi connectivity index (χ1) is 13.8. The van der Waals surface area contributed by atoms with Crippen LogP contribution in [0.25, 0.3) is 10.9 Å². The van der Waals surface area contributed by atoms with Crippen LogP contribution in [0.5, 0.6) is 0 Å². The molecule has 1 aliphatic carbocycles. The molecule has 0 radical (unpaired) electrons. The van der Waals surface area contributed by atoms with Crippen LogP contribution >= 0.6 is 11.6 Å². The first-order valence-corrected chi connectivity index (χ1v) is 11.0. The highest BCUT2D eigenvalue weighted by molar-refractivity contribution is 7.89. The maximum Gasteiger partial charge on any atom is 0.338 e. The van der Waals surface area contributed by atoms with Gasteiger partial charge in [0.1, 0.15) is 11.8 Å². The van der Waals surface area contributed by atoms with Crippen molar-refractivity contribution >= 4 is 38.5 Å². The van der Waals surface area contributed by atoms with E-state index in [1.54, 1.807) is 13.0 Å². The number of nitrogens with zero attached hydrogens (tertiary/aromatic N) is 1. The number of carbonyl (C=O) groups is 1. The number of fused-ring (bicyclic) bond motifs is 1. The van der Waals surface area contributed by atoms with Crippen LogP contribution in [0.15, 0.2) is 53.4 Å². The van der Waals surface area contributed by atoms with Gasteiger partial charge in [-0.1, -0.05) is 35.9 Å². The van der Waals surface area contributed by atoms with Crippen molar-refractivity contribution in [3.63, 3.8) is 0 Å². The summed E-state index contributed by atoms with van der Waals surface area (Å²) in [4.78, 5) is 17.0. The Morgan fingerprint density at radius 2 is 1.97 bits per heavy atom. The number of aryl methyl sites for hydroxylation is 1. The number of rotatable bonds is 6. The highest BCUT2D eigenvalue weighted by atomic mass is 35.5. The Balaban J connectivity index is 1.54. The minimum atomic E-state index is -3.66. The standard InChI is InChI=1S/C21H19ClN2O4S/c1-13-6-9-17(29(26,27)24-16-7-8-16)11-18(13)21(25)28-12-15-10-14-4-2-3-5-19(14)23-20(15)22/h2-6,9-11,16,24H,7-8,12H2,1H3. The summed E-state index contributed by atoms with van der Waals surface area (Å²) in [6, 6.07) is 13.7. The minimum Gasteiger partial charge on any atom is -0.457 e. The molecule has 1 N–H and O–H groups in total. The van der Waals surface area contributed by atoms with E-state index in [1.807, 2.05) is 30.3 Å². The van der Waals surface area contributed by atoms with Crippen LogP contribution in [0.1, 0.15) is 34.3 Å². The highest BCUT2D eigenvalue weighted by Gasteiger charge is 2.28. The second-order valence-corrected chi connectivity index (χ2v) is 9.15. The number of carbonyl (C=O) groups excluding carboxylic acids is 1. The third-order valence-electron chi connectivity index (χ3n) is 4.75. The number of ether oxygens (including phenoxy) is 1. The SMILES string of the molecule is Cc1ccc(S(=O)(=O)NC2CC2)cc1C(=O)OCc1cc2ccccc2nc1Cl. The van der Waals surface area contributed by atoms with Gasteiger partial charge in [0.15, 0.2) is 0 Å². The highest BCUT2D eigenvalue weighted by Crippen LogP contribution is 2.24. The number of nitrogens with one attached hydrogen (secondary N) is 1. The van der Waals surface area contributed by atoms with E-state index >= 15 is 0 Å². The number of sulfonamides is 1. The predicted molar refractivity (Wildman–Crippen MR) is 110 cm³/mol. The van der Waals surface area contributed by atoms with Crippen molar-refractivity contribution in [3.05, 3.63) is 70.4 Å². The summed E-state index contributed by atoms with van der Waals surface area (Å²) in [6.07, 6.45) is 1.67. The molecule has 1 heterocycles. The van der Waals surface area contributed by atoms with Crippen LogP contribution in [0.3, 0.4) is 0 Å². The van der Waals surface area contributed by atoms with Crippen molar-refractivity contribution in [2.24, 2.45) is 0 Å². The Labute approximate surface area is 173 Å². The van der Waals surface area contributed by atoms with Crippen molar-refractivity contribution in [2.75, 3.05) is 0 Å². The summed E-state index contributed by atoms with van der Waals surface area (Å²) < 4.78 is 32.9. The predicted octanol–water partition coefficient (Wildman–Crippen LogP) is 3.99. The van der Waals surface area contributed by atoms with Gasteiger partial charge in [-0.3, -0.25) is 0 Å². The average Bonchev–Trinajstić information content (AvgIpc) is 3.49. The molecule has 0 aliphatic heterocycles. The third-order valence-corrected chi connectivity index (χ3v) is 6.59. The fraction of sp³-hybridized carbons (Fsp3) is 0.238. The fourth-order valence-electron chi connectivity index (χ4n) is 2.94. The van der Waals surface area contributed by atoms with Gasteiger partial charge in [0.05, 0.1) is 16.0 Å². The van der Waals surface area contributed by atoms with Gasteiger partial charge >= 0.3 is 5.97 Å². The maximum atomic E-state index is 12.6. The number of aromatic nitrogens is 1. The number of para-hydroxylation sites is 1. The first-order valence-electron chi connectivity index (χ1n) is 9.18. The molecule has 29 heavy (non-hydrogen) atoms. The van der Waals surface area contributed by atoms with Gasteiger partial charge < -0.3 is 4.74 Å². The molecule has 1 aromatic heterocycles. The Hall–Kier alpha value is -2.48. The quantitative estimate of drug-likeness (QED) is 0.472. The Morgan fingerprint density at radius 3 is 2.72 bits per heavy atom.